The molecule has 0 unspecified atom stereocenters. The molecule has 0 saturated heterocycles. The lowest BCUT2D eigenvalue weighted by atomic mass is 10.1. The van der Waals surface area contributed by atoms with Crippen LogP contribution in [0, 0.1) is 5.82 Å². The number of benzene rings is 2. The van der Waals surface area contributed by atoms with Crippen LogP contribution in [0.4, 0.5) is 4.39 Å². The summed E-state index contributed by atoms with van der Waals surface area (Å²) < 4.78 is 13.5. The van der Waals surface area contributed by atoms with Gasteiger partial charge in [-0.05, 0) is 36.2 Å². The summed E-state index contributed by atoms with van der Waals surface area (Å²) in [5.74, 6) is -1.14. The van der Waals surface area contributed by atoms with Crippen LogP contribution >= 0.6 is 23.2 Å². The molecule has 5 heteroatoms. The molecule has 2 aromatic rings. The largest absolute Gasteiger partial charge is 0.352 e. The van der Waals surface area contributed by atoms with E-state index in [0.29, 0.717) is 18.0 Å². The van der Waals surface area contributed by atoms with Gasteiger partial charge in [-0.3, -0.25) is 4.79 Å². The van der Waals surface area contributed by atoms with Crippen molar-refractivity contribution in [2.75, 3.05) is 6.54 Å². The van der Waals surface area contributed by atoms with E-state index in [1.165, 1.54) is 18.2 Å². The molecule has 0 aliphatic heterocycles. The normalized spacial score (nSPS) is 10.3. The van der Waals surface area contributed by atoms with Gasteiger partial charge in [0.1, 0.15) is 5.82 Å². The topological polar surface area (TPSA) is 29.1 Å². The van der Waals surface area contributed by atoms with Gasteiger partial charge in [-0.15, -0.1) is 0 Å². The smallest absolute Gasteiger partial charge is 0.255 e. The van der Waals surface area contributed by atoms with Crippen LogP contribution in [0.3, 0.4) is 0 Å². The van der Waals surface area contributed by atoms with E-state index in [1.807, 2.05) is 12.1 Å². The fourth-order valence-electron chi connectivity index (χ4n) is 1.77. The first-order valence-corrected chi connectivity index (χ1v) is 6.80. The van der Waals surface area contributed by atoms with Gasteiger partial charge in [0.15, 0.2) is 0 Å². The van der Waals surface area contributed by atoms with E-state index in [4.69, 9.17) is 23.2 Å². The number of carbonyl (C=O) groups is 1. The van der Waals surface area contributed by atoms with Crippen molar-refractivity contribution in [1.82, 2.24) is 5.32 Å². The molecule has 1 amide bonds. The lowest BCUT2D eigenvalue weighted by Gasteiger charge is -2.07. The van der Waals surface area contributed by atoms with Crippen molar-refractivity contribution in [1.29, 1.82) is 0 Å². The third-order valence-electron chi connectivity index (χ3n) is 2.80. The summed E-state index contributed by atoms with van der Waals surface area (Å²) in [5.41, 5.74) is 0.916. The van der Waals surface area contributed by atoms with E-state index in [0.717, 1.165) is 5.56 Å². The molecular formula is C15H12Cl2FNO. The Balaban J connectivity index is 1.94. The molecule has 20 heavy (non-hydrogen) atoms. The van der Waals surface area contributed by atoms with E-state index in [-0.39, 0.29) is 10.6 Å². The van der Waals surface area contributed by atoms with Crippen molar-refractivity contribution in [2.45, 2.75) is 6.42 Å². The highest BCUT2D eigenvalue weighted by Gasteiger charge is 2.14. The minimum atomic E-state index is -0.624. The summed E-state index contributed by atoms with van der Waals surface area (Å²) in [6, 6.07) is 11.5. The van der Waals surface area contributed by atoms with Crippen LogP contribution in [-0.4, -0.2) is 12.5 Å². The van der Waals surface area contributed by atoms with Crippen LogP contribution < -0.4 is 5.32 Å². The molecule has 0 atom stereocenters. The third-order valence-corrected chi connectivity index (χ3v) is 3.37. The molecule has 104 valence electrons. The van der Waals surface area contributed by atoms with Gasteiger partial charge in [-0.25, -0.2) is 4.39 Å². The molecule has 2 rings (SSSR count). The fraction of sp³-hybridized carbons (Fsp3) is 0.133. The minimum absolute atomic E-state index is 0.106. The highest BCUT2D eigenvalue weighted by Crippen LogP contribution is 2.18. The summed E-state index contributed by atoms with van der Waals surface area (Å²) in [5, 5.41) is 3.42. The number of carbonyl (C=O) groups excluding carboxylic acids is 1. The van der Waals surface area contributed by atoms with E-state index in [1.54, 1.807) is 12.1 Å². The predicted octanol–water partition coefficient (Wildman–Crippen LogP) is 4.11. The molecule has 0 radical (unpaired) electrons. The average Bonchev–Trinajstić information content (AvgIpc) is 2.41. The minimum Gasteiger partial charge on any atom is -0.352 e. The Kier molecular flexibility index (Phi) is 4.99. The van der Waals surface area contributed by atoms with Crippen molar-refractivity contribution >= 4 is 29.1 Å². The molecule has 2 nitrogen and oxygen atoms in total. The first-order chi connectivity index (χ1) is 9.58. The second kappa shape index (κ2) is 6.73. The Morgan fingerprint density at radius 1 is 1.10 bits per heavy atom. The van der Waals surface area contributed by atoms with Gasteiger partial charge >= 0.3 is 0 Å². The number of halogens is 3. The Morgan fingerprint density at radius 2 is 1.80 bits per heavy atom. The van der Waals surface area contributed by atoms with Crippen molar-refractivity contribution in [3.63, 3.8) is 0 Å². The highest BCUT2D eigenvalue weighted by atomic mass is 35.5. The first kappa shape index (κ1) is 14.8. The Labute approximate surface area is 126 Å². The van der Waals surface area contributed by atoms with Crippen LogP contribution in [-0.2, 0) is 6.42 Å². The maximum atomic E-state index is 13.5. The van der Waals surface area contributed by atoms with E-state index in [2.05, 4.69) is 5.32 Å². The Bertz CT molecular complexity index is 594. The number of amides is 1. The van der Waals surface area contributed by atoms with Gasteiger partial charge in [0.25, 0.3) is 5.91 Å². The standard InChI is InChI=1S/C15H12Cl2FNO/c16-11-6-4-10(5-7-11)8-9-19-15(20)14-12(17)2-1-3-13(14)18/h1-7H,8-9H2,(H,19,20). The zero-order chi connectivity index (χ0) is 14.5. The summed E-state index contributed by atoms with van der Waals surface area (Å²) in [4.78, 5) is 11.9. The van der Waals surface area contributed by atoms with Gasteiger partial charge in [0, 0.05) is 11.6 Å². The molecule has 0 aromatic heterocycles. The Morgan fingerprint density at radius 3 is 2.45 bits per heavy atom. The lowest BCUT2D eigenvalue weighted by molar-refractivity contribution is 0.0950. The number of hydrogen-bond acceptors (Lipinski definition) is 1. The quantitative estimate of drug-likeness (QED) is 0.904. The molecule has 0 spiro atoms. The maximum absolute atomic E-state index is 13.5. The SMILES string of the molecule is O=C(NCCc1ccc(Cl)cc1)c1c(F)cccc1Cl. The molecule has 2 aromatic carbocycles. The fourth-order valence-corrected chi connectivity index (χ4v) is 2.15. The molecule has 0 bridgehead atoms. The summed E-state index contributed by atoms with van der Waals surface area (Å²) in [7, 11) is 0. The van der Waals surface area contributed by atoms with E-state index in [9.17, 15) is 9.18 Å². The number of rotatable bonds is 4. The summed E-state index contributed by atoms with van der Waals surface area (Å²) in [6.07, 6.45) is 0.634. The highest BCUT2D eigenvalue weighted by molar-refractivity contribution is 6.33. The predicted molar refractivity (Wildman–Crippen MR) is 78.9 cm³/mol. The van der Waals surface area contributed by atoms with Gasteiger partial charge in [0.2, 0.25) is 0 Å². The molecular weight excluding hydrogens is 300 g/mol. The van der Waals surface area contributed by atoms with Crippen molar-refractivity contribution in [3.8, 4) is 0 Å². The Hall–Kier alpha value is -1.58. The monoisotopic (exact) mass is 311 g/mol. The number of nitrogens with one attached hydrogen (secondary N) is 1. The molecule has 0 fully saturated rings. The van der Waals surface area contributed by atoms with Gasteiger partial charge in [-0.2, -0.15) is 0 Å². The van der Waals surface area contributed by atoms with Crippen molar-refractivity contribution in [2.24, 2.45) is 0 Å². The summed E-state index contributed by atoms with van der Waals surface area (Å²) in [6.45, 7) is 0.394. The van der Waals surface area contributed by atoms with Crippen LogP contribution in [0.25, 0.3) is 0 Å². The molecule has 1 N–H and O–H groups in total. The van der Waals surface area contributed by atoms with Crippen LogP contribution in [0.2, 0.25) is 10.0 Å². The lowest BCUT2D eigenvalue weighted by Crippen LogP contribution is -2.26. The second-order valence-corrected chi connectivity index (χ2v) is 5.07. The summed E-state index contributed by atoms with van der Waals surface area (Å²) >= 11 is 11.6. The van der Waals surface area contributed by atoms with Gasteiger partial charge in [0.05, 0.1) is 10.6 Å². The van der Waals surface area contributed by atoms with Gasteiger partial charge in [-0.1, -0.05) is 41.4 Å². The van der Waals surface area contributed by atoms with Crippen molar-refractivity contribution < 1.29 is 9.18 Å². The number of hydrogen-bond donors (Lipinski definition) is 1. The zero-order valence-electron chi connectivity index (χ0n) is 10.5. The first-order valence-electron chi connectivity index (χ1n) is 6.04. The average molecular weight is 312 g/mol. The van der Waals surface area contributed by atoms with Gasteiger partial charge < -0.3 is 5.32 Å². The maximum Gasteiger partial charge on any atom is 0.255 e. The van der Waals surface area contributed by atoms with Crippen LogP contribution in [0.1, 0.15) is 15.9 Å². The van der Waals surface area contributed by atoms with E-state index < -0.39 is 11.7 Å². The van der Waals surface area contributed by atoms with Crippen LogP contribution in [0.5, 0.6) is 0 Å². The molecule has 0 aliphatic carbocycles. The van der Waals surface area contributed by atoms with Crippen molar-refractivity contribution in [3.05, 3.63) is 69.5 Å². The second-order valence-electron chi connectivity index (χ2n) is 4.23. The zero-order valence-corrected chi connectivity index (χ0v) is 12.0. The van der Waals surface area contributed by atoms with Crippen LogP contribution in [0.15, 0.2) is 42.5 Å². The van der Waals surface area contributed by atoms with E-state index >= 15 is 0 Å². The molecule has 0 heterocycles. The molecule has 0 aliphatic rings. The third kappa shape index (κ3) is 3.71. The molecule has 0 saturated carbocycles.